The van der Waals surface area contributed by atoms with Gasteiger partial charge in [-0.05, 0) is 54.9 Å². The molecule has 0 aliphatic carbocycles. The van der Waals surface area contributed by atoms with Gasteiger partial charge in [0.15, 0.2) is 14.6 Å². The van der Waals surface area contributed by atoms with Gasteiger partial charge in [-0.1, -0.05) is 23.7 Å². The van der Waals surface area contributed by atoms with E-state index in [0.29, 0.717) is 30.6 Å². The largest absolute Gasteiger partial charge is 0.383 e. The van der Waals surface area contributed by atoms with E-state index in [-0.39, 0.29) is 23.0 Å². The second-order valence-corrected chi connectivity index (χ2v) is 13.7. The third-order valence-corrected chi connectivity index (χ3v) is 10.6. The molecule has 4 rings (SSSR count). The number of hydrogen-bond acceptors (Lipinski definition) is 7. The van der Waals surface area contributed by atoms with Crippen LogP contribution in [0.3, 0.4) is 0 Å². The first kappa shape index (κ1) is 29.7. The van der Waals surface area contributed by atoms with Crippen LogP contribution in [-0.4, -0.2) is 81.9 Å². The summed E-state index contributed by atoms with van der Waals surface area (Å²) in [6, 6.07) is 10.3. The second-order valence-electron chi connectivity index (χ2n) is 10.1. The van der Waals surface area contributed by atoms with Crippen LogP contribution in [0, 0.1) is 0 Å². The van der Waals surface area contributed by atoms with E-state index in [1.807, 2.05) is 11.9 Å². The molecule has 1 saturated heterocycles. The van der Waals surface area contributed by atoms with Crippen molar-refractivity contribution in [2.75, 3.05) is 53.2 Å². The maximum absolute atomic E-state index is 13.0. The van der Waals surface area contributed by atoms with Gasteiger partial charge in [0.1, 0.15) is 0 Å². The zero-order valence-corrected chi connectivity index (χ0v) is 25.4. The fraction of sp³-hybridized carbons (Fsp3) is 0.500. The van der Waals surface area contributed by atoms with E-state index in [2.05, 4.69) is 28.6 Å². The Labute approximate surface area is 239 Å². The third-order valence-electron chi connectivity index (χ3n) is 7.38. The molecular formula is C28H37ClN4O4S2. The smallest absolute Gasteiger partial charge is 0.223 e. The minimum absolute atomic E-state index is 0.0215. The van der Waals surface area contributed by atoms with E-state index >= 15 is 0 Å². The van der Waals surface area contributed by atoms with E-state index < -0.39 is 9.84 Å². The molecule has 1 amide bonds. The molecule has 11 heteroatoms. The number of carbonyl (C=O) groups excluding carboxylic acids is 1. The number of ether oxygens (including phenoxy) is 1. The number of amides is 1. The van der Waals surface area contributed by atoms with Crippen LogP contribution in [0.15, 0.2) is 46.3 Å². The Balaban J connectivity index is 1.37. The molecule has 8 nitrogen and oxygen atoms in total. The first-order chi connectivity index (χ1) is 18.6. The molecule has 0 atom stereocenters. The maximum Gasteiger partial charge on any atom is 0.223 e. The summed E-state index contributed by atoms with van der Waals surface area (Å²) in [5.74, 6) is 0.0125. The zero-order valence-electron chi connectivity index (χ0n) is 23.0. The number of nitrogens with zero attached hydrogens (tertiary/aromatic N) is 4. The van der Waals surface area contributed by atoms with Crippen molar-refractivity contribution >= 4 is 49.5 Å². The summed E-state index contributed by atoms with van der Waals surface area (Å²) in [7, 11) is 4.10. The van der Waals surface area contributed by atoms with Crippen molar-refractivity contribution in [1.82, 2.24) is 14.4 Å². The van der Waals surface area contributed by atoms with Crippen molar-refractivity contribution < 1.29 is 17.9 Å². The molecule has 0 N–H and O–H groups in total. The van der Waals surface area contributed by atoms with E-state index in [1.165, 1.54) is 10.6 Å². The number of piperidine rings is 1. The maximum atomic E-state index is 13.0. The highest BCUT2D eigenvalue weighted by atomic mass is 35.5. The van der Waals surface area contributed by atoms with Crippen LogP contribution in [0.25, 0.3) is 10.8 Å². The molecule has 2 aromatic carbocycles. The number of halogens is 1. The Morgan fingerprint density at radius 2 is 1.87 bits per heavy atom. The molecule has 2 heterocycles. The van der Waals surface area contributed by atoms with Gasteiger partial charge in [-0.25, -0.2) is 8.42 Å². The van der Waals surface area contributed by atoms with Gasteiger partial charge >= 0.3 is 0 Å². The number of likely N-dealkylation sites (N-methyl/N-ethyl adjacent to an activating group) is 1. The minimum atomic E-state index is -3.59. The molecule has 0 radical (unpaired) electrons. The number of sulfone groups is 1. The van der Waals surface area contributed by atoms with Crippen LogP contribution in [-0.2, 0) is 33.0 Å². The second kappa shape index (κ2) is 13.0. The molecule has 0 saturated carbocycles. The Morgan fingerprint density at radius 3 is 2.56 bits per heavy atom. The average molecular weight is 593 g/mol. The predicted octanol–water partition coefficient (Wildman–Crippen LogP) is 4.07. The molecular weight excluding hydrogens is 556 g/mol. The van der Waals surface area contributed by atoms with Crippen LogP contribution >= 0.6 is 22.9 Å². The lowest BCUT2D eigenvalue weighted by Gasteiger charge is -2.33. The highest BCUT2D eigenvalue weighted by molar-refractivity contribution is 7.91. The number of carbonyl (C=O) groups is 1. The normalized spacial score (nSPS) is 15.5. The lowest BCUT2D eigenvalue weighted by Crippen LogP contribution is -2.39. The van der Waals surface area contributed by atoms with Crippen LogP contribution in [0.5, 0.6) is 0 Å². The Hall–Kier alpha value is -2.24. The van der Waals surface area contributed by atoms with E-state index in [0.717, 1.165) is 41.5 Å². The summed E-state index contributed by atoms with van der Waals surface area (Å²) in [5, 5.41) is 2.29. The van der Waals surface area contributed by atoms with E-state index in [1.54, 1.807) is 54.8 Å². The van der Waals surface area contributed by atoms with E-state index in [4.69, 9.17) is 16.3 Å². The molecule has 0 spiro atoms. The quantitative estimate of drug-likeness (QED) is 0.354. The number of benzene rings is 2. The number of likely N-dealkylation sites (tertiary alicyclic amines) is 1. The van der Waals surface area contributed by atoms with Crippen molar-refractivity contribution in [2.24, 2.45) is 12.0 Å². The molecule has 1 aromatic heterocycles. The van der Waals surface area contributed by atoms with E-state index in [9.17, 15) is 13.2 Å². The highest BCUT2D eigenvalue weighted by Gasteiger charge is 2.29. The number of aromatic nitrogens is 1. The van der Waals surface area contributed by atoms with Crippen LogP contribution in [0.1, 0.15) is 35.8 Å². The summed E-state index contributed by atoms with van der Waals surface area (Å²) in [6.45, 7) is 3.59. The highest BCUT2D eigenvalue weighted by Crippen LogP contribution is 2.32. The van der Waals surface area contributed by atoms with Crippen molar-refractivity contribution in [2.45, 2.75) is 36.6 Å². The molecule has 0 bridgehead atoms. The van der Waals surface area contributed by atoms with Gasteiger partial charge in [-0.2, -0.15) is 0 Å². The Kier molecular flexibility index (Phi) is 9.87. The number of fused-ring (bicyclic) bond motifs is 1. The fourth-order valence-electron chi connectivity index (χ4n) is 5.19. The molecule has 3 aromatic rings. The van der Waals surface area contributed by atoms with Gasteiger partial charge in [0.2, 0.25) is 5.91 Å². The van der Waals surface area contributed by atoms with Crippen molar-refractivity contribution in [3.05, 3.63) is 56.8 Å². The van der Waals surface area contributed by atoms with Crippen LogP contribution < -0.4 is 4.80 Å². The Morgan fingerprint density at radius 1 is 1.18 bits per heavy atom. The van der Waals surface area contributed by atoms with Crippen LogP contribution in [0.4, 0.5) is 0 Å². The monoisotopic (exact) mass is 592 g/mol. The number of methoxy groups -OCH3 is 1. The van der Waals surface area contributed by atoms with Gasteiger partial charge in [0.05, 0.1) is 17.3 Å². The summed E-state index contributed by atoms with van der Waals surface area (Å²) in [5.41, 5.74) is 1.29. The molecule has 1 fully saturated rings. The van der Waals surface area contributed by atoms with Crippen molar-refractivity contribution in [1.29, 1.82) is 0 Å². The van der Waals surface area contributed by atoms with Gasteiger partial charge in [-0.3, -0.25) is 14.7 Å². The molecule has 1 aliphatic rings. The standard InChI is InChI=1S/C28H37ClN4O4S2/c1-30-28-32(3)27(25(38-28)19-31(2)14-15-37-4)20-9-12-33(13-10-20)26(34)11-16-39(35,36)24-8-6-21-17-23(29)7-5-22(21)18-24/h5-8,17-18,20H,9-16,19H2,1-4H3. The minimum Gasteiger partial charge on any atom is -0.383 e. The van der Waals surface area contributed by atoms with Gasteiger partial charge in [0, 0.05) is 75.3 Å². The van der Waals surface area contributed by atoms with Gasteiger partial charge < -0.3 is 14.2 Å². The lowest BCUT2D eigenvalue weighted by molar-refractivity contribution is -0.131. The van der Waals surface area contributed by atoms with Gasteiger partial charge in [-0.15, -0.1) is 11.3 Å². The summed E-state index contributed by atoms with van der Waals surface area (Å²) in [4.78, 5) is 24.1. The predicted molar refractivity (Wildman–Crippen MR) is 157 cm³/mol. The molecule has 212 valence electrons. The average Bonchev–Trinajstić information content (AvgIpc) is 3.24. The molecule has 1 aliphatic heterocycles. The summed E-state index contributed by atoms with van der Waals surface area (Å²) >= 11 is 7.76. The SMILES string of the molecule is CN=c1sc(CN(C)CCOC)c(C2CCN(C(=O)CCS(=O)(=O)c3ccc4cc(Cl)ccc4c3)CC2)n1C. The first-order valence-corrected chi connectivity index (χ1v) is 16.0. The Bertz CT molecular complexity index is 1490. The lowest BCUT2D eigenvalue weighted by atomic mass is 9.92. The summed E-state index contributed by atoms with van der Waals surface area (Å²) < 4.78 is 33.4. The third kappa shape index (κ3) is 7.10. The van der Waals surface area contributed by atoms with Crippen molar-refractivity contribution in [3.8, 4) is 0 Å². The topological polar surface area (TPSA) is 84.2 Å². The number of hydrogen-bond donors (Lipinski definition) is 0. The summed E-state index contributed by atoms with van der Waals surface area (Å²) in [6.07, 6.45) is 1.66. The molecule has 39 heavy (non-hydrogen) atoms. The van der Waals surface area contributed by atoms with Gasteiger partial charge in [0.25, 0.3) is 0 Å². The van der Waals surface area contributed by atoms with Crippen LogP contribution in [0.2, 0.25) is 5.02 Å². The number of rotatable bonds is 10. The fourth-order valence-corrected chi connectivity index (χ4v) is 7.87. The first-order valence-electron chi connectivity index (χ1n) is 13.1. The molecule has 0 unspecified atom stereocenters. The number of thiazole rings is 1. The van der Waals surface area contributed by atoms with Crippen molar-refractivity contribution in [3.63, 3.8) is 0 Å². The zero-order chi connectivity index (χ0) is 28.2.